The molecule has 2 aromatic rings. The van der Waals surface area contributed by atoms with E-state index in [1.165, 1.54) is 23.2 Å². The van der Waals surface area contributed by atoms with Crippen LogP contribution < -0.4 is 5.32 Å². The van der Waals surface area contributed by atoms with Gasteiger partial charge < -0.3 is 10.2 Å². The van der Waals surface area contributed by atoms with Crippen molar-refractivity contribution in [1.29, 1.82) is 0 Å². The zero-order chi connectivity index (χ0) is 15.4. The normalized spacial score (nSPS) is 10.0. The van der Waals surface area contributed by atoms with Crippen LogP contribution in [-0.2, 0) is 0 Å². The smallest absolute Gasteiger partial charge is 0.260 e. The molecule has 0 saturated heterocycles. The summed E-state index contributed by atoms with van der Waals surface area (Å²) in [5.74, 6) is -1.55. The number of amides is 2. The molecular formula is C15H14FN3O2. The van der Waals surface area contributed by atoms with Crippen molar-refractivity contribution in [3.63, 3.8) is 0 Å². The minimum atomic E-state index is -0.825. The van der Waals surface area contributed by atoms with Crippen molar-refractivity contribution < 1.29 is 14.0 Å². The topological polar surface area (TPSA) is 62.3 Å². The monoisotopic (exact) mass is 287 g/mol. The lowest BCUT2D eigenvalue weighted by Crippen LogP contribution is -2.21. The van der Waals surface area contributed by atoms with Crippen LogP contribution in [0.3, 0.4) is 0 Å². The molecule has 0 atom stereocenters. The molecular weight excluding hydrogens is 273 g/mol. The summed E-state index contributed by atoms with van der Waals surface area (Å²) < 4.78 is 13.4. The summed E-state index contributed by atoms with van der Waals surface area (Å²) in [7, 11) is 3.31. The Bertz CT molecular complexity index is 669. The van der Waals surface area contributed by atoms with Crippen molar-refractivity contribution in [2.24, 2.45) is 0 Å². The van der Waals surface area contributed by atoms with E-state index in [0.717, 1.165) is 0 Å². The van der Waals surface area contributed by atoms with Gasteiger partial charge in [-0.2, -0.15) is 4.39 Å². The highest BCUT2D eigenvalue weighted by Crippen LogP contribution is 2.13. The van der Waals surface area contributed by atoms with Crippen LogP contribution in [0.1, 0.15) is 20.7 Å². The van der Waals surface area contributed by atoms with Crippen LogP contribution >= 0.6 is 0 Å². The number of rotatable bonds is 3. The SMILES string of the molecule is CN(C)C(=O)c1ccc(NC(=O)c2cccnc2F)cc1. The van der Waals surface area contributed by atoms with Crippen molar-refractivity contribution in [3.8, 4) is 0 Å². The zero-order valence-electron chi connectivity index (χ0n) is 11.6. The summed E-state index contributed by atoms with van der Waals surface area (Å²) >= 11 is 0. The third-order valence-corrected chi connectivity index (χ3v) is 2.80. The molecule has 21 heavy (non-hydrogen) atoms. The fourth-order valence-corrected chi connectivity index (χ4v) is 1.71. The van der Waals surface area contributed by atoms with E-state index in [9.17, 15) is 14.0 Å². The van der Waals surface area contributed by atoms with Gasteiger partial charge in [-0.3, -0.25) is 9.59 Å². The largest absolute Gasteiger partial charge is 0.345 e. The first-order chi connectivity index (χ1) is 9.99. The third kappa shape index (κ3) is 3.42. The summed E-state index contributed by atoms with van der Waals surface area (Å²) in [5, 5.41) is 2.55. The fraction of sp³-hybridized carbons (Fsp3) is 0.133. The number of nitrogens with zero attached hydrogens (tertiary/aromatic N) is 2. The van der Waals surface area contributed by atoms with Gasteiger partial charge in [0.05, 0.1) is 5.56 Å². The number of aromatic nitrogens is 1. The second kappa shape index (κ2) is 6.13. The number of benzene rings is 1. The first-order valence-corrected chi connectivity index (χ1v) is 6.22. The maximum Gasteiger partial charge on any atom is 0.260 e. The minimum absolute atomic E-state index is 0.133. The number of halogens is 1. The molecule has 0 aliphatic rings. The van der Waals surface area contributed by atoms with Gasteiger partial charge in [0.2, 0.25) is 5.95 Å². The Labute approximate surface area is 121 Å². The number of pyridine rings is 1. The quantitative estimate of drug-likeness (QED) is 0.880. The van der Waals surface area contributed by atoms with Gasteiger partial charge in [0.25, 0.3) is 11.8 Å². The summed E-state index contributed by atoms with van der Waals surface area (Å²) in [5.41, 5.74) is 0.843. The molecule has 0 bridgehead atoms. The van der Waals surface area contributed by atoms with Crippen molar-refractivity contribution in [1.82, 2.24) is 9.88 Å². The number of nitrogens with one attached hydrogen (secondary N) is 1. The Morgan fingerprint density at radius 1 is 1.14 bits per heavy atom. The molecule has 1 heterocycles. The van der Waals surface area contributed by atoms with Crippen LogP contribution in [0.2, 0.25) is 0 Å². The van der Waals surface area contributed by atoms with Crippen molar-refractivity contribution >= 4 is 17.5 Å². The molecule has 1 N–H and O–H groups in total. The molecule has 1 aromatic heterocycles. The van der Waals surface area contributed by atoms with E-state index >= 15 is 0 Å². The number of hydrogen-bond donors (Lipinski definition) is 1. The van der Waals surface area contributed by atoms with Gasteiger partial charge in [0.1, 0.15) is 0 Å². The van der Waals surface area contributed by atoms with E-state index < -0.39 is 11.9 Å². The van der Waals surface area contributed by atoms with E-state index in [2.05, 4.69) is 10.3 Å². The maximum atomic E-state index is 13.4. The lowest BCUT2D eigenvalue weighted by atomic mass is 10.2. The molecule has 0 spiro atoms. The van der Waals surface area contributed by atoms with E-state index in [0.29, 0.717) is 11.3 Å². The van der Waals surface area contributed by atoms with E-state index in [-0.39, 0.29) is 11.5 Å². The molecule has 0 aliphatic carbocycles. The molecule has 1 aromatic carbocycles. The van der Waals surface area contributed by atoms with E-state index in [1.54, 1.807) is 38.4 Å². The minimum Gasteiger partial charge on any atom is -0.345 e. The lowest BCUT2D eigenvalue weighted by molar-refractivity contribution is 0.0827. The molecule has 2 rings (SSSR count). The van der Waals surface area contributed by atoms with Gasteiger partial charge in [0.15, 0.2) is 0 Å². The van der Waals surface area contributed by atoms with Gasteiger partial charge in [-0.15, -0.1) is 0 Å². The Hall–Kier alpha value is -2.76. The standard InChI is InChI=1S/C15H14FN3O2/c1-19(2)15(21)10-5-7-11(8-6-10)18-14(20)12-4-3-9-17-13(12)16/h3-9H,1-2H3,(H,18,20). The van der Waals surface area contributed by atoms with Gasteiger partial charge >= 0.3 is 0 Å². The Morgan fingerprint density at radius 2 is 1.81 bits per heavy atom. The van der Waals surface area contributed by atoms with Crippen LogP contribution in [0.4, 0.5) is 10.1 Å². The summed E-state index contributed by atoms with van der Waals surface area (Å²) in [4.78, 5) is 28.5. The van der Waals surface area contributed by atoms with Crippen molar-refractivity contribution in [2.75, 3.05) is 19.4 Å². The molecule has 6 heteroatoms. The number of anilines is 1. The molecule has 0 radical (unpaired) electrons. The average molecular weight is 287 g/mol. The van der Waals surface area contributed by atoms with Crippen LogP contribution in [0.5, 0.6) is 0 Å². The first kappa shape index (κ1) is 14.6. The van der Waals surface area contributed by atoms with Gasteiger partial charge in [-0.25, -0.2) is 4.98 Å². The summed E-state index contributed by atoms with van der Waals surface area (Å²) in [6.45, 7) is 0. The van der Waals surface area contributed by atoms with Gasteiger partial charge in [-0.1, -0.05) is 0 Å². The summed E-state index contributed by atoms with van der Waals surface area (Å²) in [6, 6.07) is 9.19. The molecule has 2 amide bonds. The molecule has 0 aliphatic heterocycles. The van der Waals surface area contributed by atoms with Crippen molar-refractivity contribution in [2.45, 2.75) is 0 Å². The van der Waals surface area contributed by atoms with Crippen molar-refractivity contribution in [3.05, 3.63) is 59.7 Å². The summed E-state index contributed by atoms with van der Waals surface area (Å²) in [6.07, 6.45) is 1.27. The Kier molecular flexibility index (Phi) is 4.27. The van der Waals surface area contributed by atoms with E-state index in [1.807, 2.05) is 0 Å². The molecule has 0 saturated carbocycles. The molecule has 108 valence electrons. The maximum absolute atomic E-state index is 13.4. The zero-order valence-corrected chi connectivity index (χ0v) is 11.6. The van der Waals surface area contributed by atoms with Crippen LogP contribution in [0, 0.1) is 5.95 Å². The molecule has 0 fully saturated rings. The van der Waals surface area contributed by atoms with Crippen LogP contribution in [0.25, 0.3) is 0 Å². The lowest BCUT2D eigenvalue weighted by Gasteiger charge is -2.11. The van der Waals surface area contributed by atoms with Gasteiger partial charge in [-0.05, 0) is 36.4 Å². The number of carbonyl (C=O) groups is 2. The fourth-order valence-electron chi connectivity index (χ4n) is 1.71. The second-order valence-corrected chi connectivity index (χ2v) is 4.57. The highest BCUT2D eigenvalue weighted by Gasteiger charge is 2.13. The van der Waals surface area contributed by atoms with E-state index in [4.69, 9.17) is 0 Å². The predicted octanol–water partition coefficient (Wildman–Crippen LogP) is 2.17. The molecule has 0 unspecified atom stereocenters. The highest BCUT2D eigenvalue weighted by atomic mass is 19.1. The number of carbonyl (C=O) groups excluding carboxylic acids is 2. The molecule has 5 nitrogen and oxygen atoms in total. The average Bonchev–Trinajstić information content (AvgIpc) is 2.47. The number of hydrogen-bond acceptors (Lipinski definition) is 3. The first-order valence-electron chi connectivity index (χ1n) is 6.22. The van der Waals surface area contributed by atoms with Crippen LogP contribution in [0.15, 0.2) is 42.6 Å². The van der Waals surface area contributed by atoms with Crippen LogP contribution in [-0.4, -0.2) is 35.8 Å². The predicted molar refractivity (Wildman–Crippen MR) is 76.6 cm³/mol. The Balaban J connectivity index is 2.12. The third-order valence-electron chi connectivity index (χ3n) is 2.80. The van der Waals surface area contributed by atoms with Gasteiger partial charge in [0, 0.05) is 31.5 Å². The highest BCUT2D eigenvalue weighted by molar-refractivity contribution is 6.04. The Morgan fingerprint density at radius 3 is 2.38 bits per heavy atom. The second-order valence-electron chi connectivity index (χ2n) is 4.57.